The molecule has 0 aliphatic heterocycles. The number of carbonyl (C=O) groups excluding carboxylic acids is 2. The molecule has 0 unspecified atom stereocenters. The summed E-state index contributed by atoms with van der Waals surface area (Å²) in [5.41, 5.74) is 2.17. The summed E-state index contributed by atoms with van der Waals surface area (Å²) in [6.45, 7) is 4.19. The molecule has 236 valence electrons. The van der Waals surface area contributed by atoms with E-state index < -0.39 is 13.6 Å². The Labute approximate surface area is 272 Å². The minimum absolute atomic E-state index is 0.0388. The van der Waals surface area contributed by atoms with Crippen LogP contribution in [0.25, 0.3) is 0 Å². The van der Waals surface area contributed by atoms with Crippen molar-refractivity contribution >= 4 is 53.8 Å². The standard InChI is InChI=1S/C34H35ClNO7PS/c1-4-42-44(39,43-5-2)27-16-18-32(30(21-27)34(38)40-3)36-33(37)19-15-25-14-17-29(22-31(25)35)45-28-13-9-12-26(20-28)41-23-24-10-7-6-8-11-24/h6-14,16-18,20-22H,4-5,15,19,23H2,1-3H3,(H,36,37). The molecule has 11 heteroatoms. The molecule has 0 fully saturated rings. The van der Waals surface area contributed by atoms with Gasteiger partial charge >= 0.3 is 13.6 Å². The van der Waals surface area contributed by atoms with Crippen molar-refractivity contribution in [3.8, 4) is 5.75 Å². The number of esters is 1. The number of hydrogen-bond acceptors (Lipinski definition) is 8. The predicted molar refractivity (Wildman–Crippen MR) is 178 cm³/mol. The molecule has 0 atom stereocenters. The molecule has 0 heterocycles. The van der Waals surface area contributed by atoms with E-state index in [1.54, 1.807) is 25.6 Å². The highest BCUT2D eigenvalue weighted by Crippen LogP contribution is 2.47. The van der Waals surface area contributed by atoms with Crippen LogP contribution in [0, 0.1) is 0 Å². The van der Waals surface area contributed by atoms with E-state index in [0.29, 0.717) is 18.1 Å². The number of aryl methyl sites for hydroxylation is 1. The van der Waals surface area contributed by atoms with Crippen LogP contribution in [0.3, 0.4) is 0 Å². The van der Waals surface area contributed by atoms with Crippen molar-refractivity contribution in [2.75, 3.05) is 25.6 Å². The molecule has 45 heavy (non-hydrogen) atoms. The van der Waals surface area contributed by atoms with Crippen LogP contribution < -0.4 is 15.4 Å². The van der Waals surface area contributed by atoms with Gasteiger partial charge in [-0.3, -0.25) is 9.36 Å². The zero-order valence-electron chi connectivity index (χ0n) is 25.3. The van der Waals surface area contributed by atoms with Gasteiger partial charge in [0.1, 0.15) is 12.4 Å². The zero-order valence-corrected chi connectivity index (χ0v) is 27.8. The summed E-state index contributed by atoms with van der Waals surface area (Å²) in [6, 6.07) is 28.0. The predicted octanol–water partition coefficient (Wildman–Crippen LogP) is 8.32. The summed E-state index contributed by atoms with van der Waals surface area (Å²) in [6.07, 6.45) is 0.500. The van der Waals surface area contributed by atoms with Crippen molar-refractivity contribution < 1.29 is 32.7 Å². The molecule has 0 aromatic heterocycles. The smallest absolute Gasteiger partial charge is 0.361 e. The number of rotatable bonds is 15. The molecule has 0 spiro atoms. The van der Waals surface area contributed by atoms with Crippen LogP contribution in [0.15, 0.2) is 101 Å². The molecule has 0 saturated carbocycles. The number of halogens is 1. The van der Waals surface area contributed by atoms with Crippen molar-refractivity contribution in [2.45, 2.75) is 43.1 Å². The number of anilines is 1. The lowest BCUT2D eigenvalue weighted by atomic mass is 10.1. The van der Waals surface area contributed by atoms with Crippen LogP contribution in [0.5, 0.6) is 5.75 Å². The van der Waals surface area contributed by atoms with Crippen molar-refractivity contribution in [2.24, 2.45) is 0 Å². The Kier molecular flexibility index (Phi) is 12.7. The van der Waals surface area contributed by atoms with Crippen LogP contribution in [-0.2, 0) is 36.2 Å². The summed E-state index contributed by atoms with van der Waals surface area (Å²) in [7, 11) is -2.42. The maximum absolute atomic E-state index is 13.2. The quantitative estimate of drug-likeness (QED) is 0.0998. The molecule has 4 aromatic rings. The van der Waals surface area contributed by atoms with Crippen molar-refractivity contribution in [3.63, 3.8) is 0 Å². The number of ether oxygens (including phenoxy) is 2. The summed E-state index contributed by atoms with van der Waals surface area (Å²) in [5.74, 6) is -0.246. The molecule has 0 radical (unpaired) electrons. The van der Waals surface area contributed by atoms with Gasteiger partial charge in [0.25, 0.3) is 0 Å². The molecule has 0 aliphatic rings. The minimum Gasteiger partial charge on any atom is -0.489 e. The lowest BCUT2D eigenvalue weighted by molar-refractivity contribution is -0.116. The molecule has 4 aromatic carbocycles. The van der Waals surface area contributed by atoms with Gasteiger partial charge < -0.3 is 23.8 Å². The first-order chi connectivity index (χ1) is 21.7. The second-order valence-corrected chi connectivity index (χ2v) is 13.3. The van der Waals surface area contributed by atoms with E-state index in [2.05, 4.69) is 5.32 Å². The minimum atomic E-state index is -3.65. The van der Waals surface area contributed by atoms with Gasteiger partial charge in [-0.15, -0.1) is 0 Å². The fourth-order valence-corrected chi connectivity index (χ4v) is 7.22. The number of benzene rings is 4. The fraction of sp³-hybridized carbons (Fsp3) is 0.235. The second kappa shape index (κ2) is 16.6. The highest BCUT2D eigenvalue weighted by molar-refractivity contribution is 7.99. The van der Waals surface area contributed by atoms with Crippen LogP contribution in [0.4, 0.5) is 5.69 Å². The van der Waals surface area contributed by atoms with Gasteiger partial charge in [-0.2, -0.15) is 0 Å². The van der Waals surface area contributed by atoms with E-state index in [4.69, 9.17) is 30.1 Å². The molecule has 4 rings (SSSR count). The van der Waals surface area contributed by atoms with Gasteiger partial charge in [0.15, 0.2) is 0 Å². The SMILES string of the molecule is CCOP(=O)(OCC)c1ccc(NC(=O)CCc2ccc(Sc3cccc(OCc4ccccc4)c3)cc2Cl)c(C(=O)OC)c1. The highest BCUT2D eigenvalue weighted by atomic mass is 35.5. The number of nitrogens with one attached hydrogen (secondary N) is 1. The van der Waals surface area contributed by atoms with Crippen molar-refractivity contribution in [3.05, 3.63) is 113 Å². The summed E-state index contributed by atoms with van der Waals surface area (Å²) in [4.78, 5) is 27.4. The fourth-order valence-electron chi connectivity index (χ4n) is 4.38. The Hall–Kier alpha value is -3.59. The number of amides is 1. The monoisotopic (exact) mass is 667 g/mol. The zero-order chi connectivity index (χ0) is 32.2. The first kappa shape index (κ1) is 34.3. The van der Waals surface area contributed by atoms with Crippen LogP contribution in [-0.4, -0.2) is 32.2 Å². The molecule has 0 bridgehead atoms. The third-order valence-corrected chi connectivity index (χ3v) is 9.97. The molecular formula is C34H35ClNO7PS. The lowest BCUT2D eigenvalue weighted by Crippen LogP contribution is -2.19. The van der Waals surface area contributed by atoms with Crippen LogP contribution in [0.1, 0.15) is 41.8 Å². The topological polar surface area (TPSA) is 100 Å². The maximum atomic E-state index is 13.2. The van der Waals surface area contributed by atoms with E-state index in [1.165, 1.54) is 25.3 Å². The molecule has 0 saturated heterocycles. The number of hydrogen-bond donors (Lipinski definition) is 1. The van der Waals surface area contributed by atoms with Crippen LogP contribution in [0.2, 0.25) is 5.02 Å². The maximum Gasteiger partial charge on any atom is 0.361 e. The Morgan fingerprint density at radius 2 is 1.60 bits per heavy atom. The average molecular weight is 668 g/mol. The molecule has 1 N–H and O–H groups in total. The summed E-state index contributed by atoms with van der Waals surface area (Å²) in [5, 5.41) is 3.50. The van der Waals surface area contributed by atoms with Gasteiger partial charge in [-0.1, -0.05) is 65.8 Å². The van der Waals surface area contributed by atoms with Gasteiger partial charge in [0.05, 0.1) is 36.9 Å². The summed E-state index contributed by atoms with van der Waals surface area (Å²) >= 11 is 8.17. The Morgan fingerprint density at radius 1 is 0.867 bits per heavy atom. The van der Waals surface area contributed by atoms with E-state index in [1.807, 2.05) is 72.8 Å². The Bertz CT molecular complexity index is 1660. The van der Waals surface area contributed by atoms with E-state index in [9.17, 15) is 14.2 Å². The normalized spacial score (nSPS) is 11.2. The van der Waals surface area contributed by atoms with E-state index in [-0.39, 0.29) is 42.1 Å². The number of methoxy groups -OCH3 is 1. The molecule has 1 amide bonds. The van der Waals surface area contributed by atoms with Crippen molar-refractivity contribution in [1.29, 1.82) is 0 Å². The molecule has 0 aliphatic carbocycles. The average Bonchev–Trinajstić information content (AvgIpc) is 3.04. The Balaban J connectivity index is 1.37. The van der Waals surface area contributed by atoms with E-state index in [0.717, 1.165) is 26.7 Å². The van der Waals surface area contributed by atoms with Crippen LogP contribution >= 0.6 is 31.0 Å². The molecular weight excluding hydrogens is 633 g/mol. The Morgan fingerprint density at radius 3 is 2.29 bits per heavy atom. The van der Waals surface area contributed by atoms with Gasteiger partial charge in [-0.25, -0.2) is 4.79 Å². The molecule has 8 nitrogen and oxygen atoms in total. The van der Waals surface area contributed by atoms with Crippen molar-refractivity contribution in [1.82, 2.24) is 0 Å². The lowest BCUT2D eigenvalue weighted by Gasteiger charge is -2.19. The highest BCUT2D eigenvalue weighted by Gasteiger charge is 2.29. The van der Waals surface area contributed by atoms with E-state index >= 15 is 0 Å². The first-order valence-corrected chi connectivity index (χ1v) is 17.1. The third kappa shape index (κ3) is 9.70. The van der Waals surface area contributed by atoms with Gasteiger partial charge in [-0.05, 0) is 79.9 Å². The largest absolute Gasteiger partial charge is 0.489 e. The first-order valence-electron chi connectivity index (χ1n) is 14.4. The van der Waals surface area contributed by atoms with Gasteiger partial charge in [0.2, 0.25) is 5.91 Å². The van der Waals surface area contributed by atoms with Gasteiger partial charge in [0, 0.05) is 21.2 Å². The second-order valence-electron chi connectivity index (χ2n) is 9.71. The summed E-state index contributed by atoms with van der Waals surface area (Å²) < 4.78 is 34.8. The number of carbonyl (C=O) groups is 2. The third-order valence-electron chi connectivity index (χ3n) is 6.53.